The Kier molecular flexibility index (Phi) is 16.1. The number of hydrazine groups is 1. The van der Waals surface area contributed by atoms with E-state index in [2.05, 4.69) is 35.2 Å². The Balaban J connectivity index is 0.000000748. The first-order valence-corrected chi connectivity index (χ1v) is 14.0. The maximum Gasteiger partial charge on any atom is 0.180 e. The van der Waals surface area contributed by atoms with Crippen molar-refractivity contribution in [2.24, 2.45) is 16.6 Å². The number of anilines is 1. The van der Waals surface area contributed by atoms with Crippen LogP contribution in [0.25, 0.3) is 0 Å². The van der Waals surface area contributed by atoms with Crippen molar-refractivity contribution in [3.63, 3.8) is 0 Å². The van der Waals surface area contributed by atoms with Crippen LogP contribution in [0.3, 0.4) is 0 Å². The first-order chi connectivity index (χ1) is 18.9. The van der Waals surface area contributed by atoms with Gasteiger partial charge in [-0.3, -0.25) is 5.01 Å². The van der Waals surface area contributed by atoms with Crippen LogP contribution in [0.1, 0.15) is 31.9 Å². The van der Waals surface area contributed by atoms with Crippen molar-refractivity contribution in [3.05, 3.63) is 131 Å². The minimum atomic E-state index is -0.317. The number of fused-ring (bicyclic) bond motifs is 1. The molecule has 0 atom stereocenters. The minimum absolute atomic E-state index is 0.317. The number of amidine groups is 1. The molecule has 0 amide bonds. The van der Waals surface area contributed by atoms with E-state index in [1.807, 2.05) is 82.4 Å². The van der Waals surface area contributed by atoms with E-state index in [4.69, 9.17) is 16.6 Å². The molecule has 0 aromatic heterocycles. The molecule has 1 aliphatic heterocycles. The van der Waals surface area contributed by atoms with E-state index in [-0.39, 0.29) is 5.82 Å². The van der Waals surface area contributed by atoms with Gasteiger partial charge in [0.2, 0.25) is 0 Å². The molecular weight excluding hydrogens is 529 g/mol. The van der Waals surface area contributed by atoms with Crippen molar-refractivity contribution < 1.29 is 4.39 Å². The lowest BCUT2D eigenvalue weighted by Gasteiger charge is -2.32. The normalized spacial score (nSPS) is 12.8. The number of benzene rings is 3. The summed E-state index contributed by atoms with van der Waals surface area (Å²) in [5.41, 5.74) is 9.26. The molecule has 0 bridgehead atoms. The highest BCUT2D eigenvalue weighted by molar-refractivity contribution is 8.03. The molecule has 0 radical (unpaired) electrons. The molecule has 0 fully saturated rings. The first-order valence-electron chi connectivity index (χ1n) is 12.5. The Morgan fingerprint density at radius 2 is 1.69 bits per heavy atom. The van der Waals surface area contributed by atoms with E-state index in [9.17, 15) is 4.39 Å². The van der Waals surface area contributed by atoms with Gasteiger partial charge in [0.15, 0.2) is 5.82 Å². The van der Waals surface area contributed by atoms with Crippen LogP contribution in [0.4, 0.5) is 10.1 Å². The van der Waals surface area contributed by atoms with Gasteiger partial charge in [0.25, 0.3) is 0 Å². The third kappa shape index (κ3) is 10.3. The van der Waals surface area contributed by atoms with Crippen LogP contribution < -0.4 is 16.6 Å². The number of alkyl halides is 1. The SMILES string of the molecule is C=C/C=C\C.CC.CCl.CN(Cc1ccccc1)C1=N/C(=C(/N)Sc2cccc(F)c2)N(N)c2ccccc21. The van der Waals surface area contributed by atoms with E-state index >= 15 is 0 Å². The van der Waals surface area contributed by atoms with Gasteiger partial charge in [0.05, 0.1) is 5.69 Å². The Morgan fingerprint density at radius 1 is 1.05 bits per heavy atom. The van der Waals surface area contributed by atoms with E-state index < -0.39 is 0 Å². The maximum absolute atomic E-state index is 13.6. The number of rotatable bonds is 5. The number of nitrogens with zero attached hydrogens (tertiary/aromatic N) is 3. The molecule has 208 valence electrons. The van der Waals surface area contributed by atoms with Crippen LogP contribution >= 0.6 is 23.4 Å². The Bertz CT molecular complexity index is 1240. The molecule has 39 heavy (non-hydrogen) atoms. The lowest BCUT2D eigenvalue weighted by atomic mass is 10.1. The highest BCUT2D eigenvalue weighted by Gasteiger charge is 2.26. The zero-order valence-electron chi connectivity index (χ0n) is 23.3. The Labute approximate surface area is 242 Å². The van der Waals surface area contributed by atoms with Crippen molar-refractivity contribution in [1.82, 2.24) is 4.90 Å². The van der Waals surface area contributed by atoms with E-state index in [0.717, 1.165) is 17.1 Å². The van der Waals surface area contributed by atoms with Crippen molar-refractivity contribution >= 4 is 34.9 Å². The van der Waals surface area contributed by atoms with Gasteiger partial charge in [0.1, 0.15) is 16.7 Å². The van der Waals surface area contributed by atoms with Crippen LogP contribution in [-0.2, 0) is 6.54 Å². The number of hydrogen-bond acceptors (Lipinski definition) is 6. The van der Waals surface area contributed by atoms with E-state index in [1.54, 1.807) is 18.2 Å². The molecule has 1 aliphatic rings. The summed E-state index contributed by atoms with van der Waals surface area (Å²) >= 11 is 5.87. The Hall–Kier alpha value is -3.52. The molecular formula is C31H39ClFN5S. The molecule has 3 aromatic rings. The second-order valence-corrected chi connectivity index (χ2v) is 8.79. The monoisotopic (exact) mass is 567 g/mol. The molecule has 4 N–H and O–H groups in total. The van der Waals surface area contributed by atoms with Gasteiger partial charge in [-0.15, -0.1) is 11.6 Å². The number of thioether (sulfide) groups is 1. The molecule has 8 heteroatoms. The summed E-state index contributed by atoms with van der Waals surface area (Å²) in [5, 5.41) is 1.87. The van der Waals surface area contributed by atoms with Crippen molar-refractivity contribution in [2.45, 2.75) is 32.2 Å². The van der Waals surface area contributed by atoms with Crippen LogP contribution in [-0.4, -0.2) is 24.2 Å². The smallest absolute Gasteiger partial charge is 0.180 e. The summed E-state index contributed by atoms with van der Waals surface area (Å²) in [4.78, 5) is 7.56. The third-order valence-corrected chi connectivity index (χ3v) is 5.93. The summed E-state index contributed by atoms with van der Waals surface area (Å²) in [6.07, 6.45) is 7.05. The number of halogens is 2. The molecule has 0 aliphatic carbocycles. The van der Waals surface area contributed by atoms with Gasteiger partial charge in [-0.2, -0.15) is 0 Å². The summed E-state index contributed by atoms with van der Waals surface area (Å²) in [6, 6.07) is 24.2. The molecule has 3 aromatic carbocycles. The predicted molar refractivity (Wildman–Crippen MR) is 169 cm³/mol. The zero-order valence-corrected chi connectivity index (χ0v) is 24.9. The summed E-state index contributed by atoms with van der Waals surface area (Å²) in [6.45, 7) is 10.1. The van der Waals surface area contributed by atoms with Gasteiger partial charge in [-0.05, 0) is 42.8 Å². The minimum Gasteiger partial charge on any atom is -0.390 e. The highest BCUT2D eigenvalue weighted by atomic mass is 35.5. The van der Waals surface area contributed by atoms with Gasteiger partial charge >= 0.3 is 0 Å². The second-order valence-electron chi connectivity index (χ2n) is 7.67. The predicted octanol–water partition coefficient (Wildman–Crippen LogP) is 7.91. The molecule has 0 saturated carbocycles. The van der Waals surface area contributed by atoms with E-state index in [0.29, 0.717) is 22.3 Å². The number of allylic oxidation sites excluding steroid dienone is 3. The van der Waals surface area contributed by atoms with Crippen LogP contribution in [0, 0.1) is 5.82 Å². The number of aliphatic imine (C=N–C) groups is 1. The molecule has 0 spiro atoms. The average molecular weight is 568 g/mol. The van der Waals surface area contributed by atoms with Gasteiger partial charge in [0, 0.05) is 30.4 Å². The summed E-state index contributed by atoms with van der Waals surface area (Å²) in [7, 11) is 1.99. The number of hydrogen-bond donors (Lipinski definition) is 2. The van der Waals surface area contributed by atoms with Gasteiger partial charge in [-0.1, -0.05) is 98.9 Å². The lowest BCUT2D eigenvalue weighted by molar-refractivity contribution is 0.499. The average Bonchev–Trinajstić information content (AvgIpc) is 2.97. The molecule has 4 rings (SSSR count). The van der Waals surface area contributed by atoms with Crippen LogP contribution in [0.5, 0.6) is 0 Å². The summed E-state index contributed by atoms with van der Waals surface area (Å²) in [5.74, 6) is 7.26. The van der Waals surface area contributed by atoms with Crippen molar-refractivity contribution in [1.29, 1.82) is 0 Å². The largest absolute Gasteiger partial charge is 0.390 e. The van der Waals surface area contributed by atoms with Crippen molar-refractivity contribution in [2.75, 3.05) is 18.4 Å². The Morgan fingerprint density at radius 3 is 2.28 bits per heavy atom. The number of nitrogens with two attached hydrogens (primary N) is 2. The topological polar surface area (TPSA) is 70.9 Å². The standard InChI is InChI=1S/C23H22FN5S.C5H8.C2H6.CH3Cl/c1-28(15-16-8-3-2-4-9-16)22-19-12-5-6-13-20(19)29(26)23(27-22)21(25)30-18-11-7-10-17(24)14-18;1-3-5-4-2;2*1-2/h2-14H,15,25-26H2,1H3;3-5H,1H2,2H3;1-2H3;1H3/b23-21+;5-4-;;. The quantitative estimate of drug-likeness (QED) is 0.142. The highest BCUT2D eigenvalue weighted by Crippen LogP contribution is 2.34. The van der Waals surface area contributed by atoms with E-state index in [1.165, 1.54) is 40.8 Å². The van der Waals surface area contributed by atoms with Crippen LogP contribution in [0.2, 0.25) is 0 Å². The molecule has 5 nitrogen and oxygen atoms in total. The molecule has 0 unspecified atom stereocenters. The fourth-order valence-electron chi connectivity index (χ4n) is 3.44. The maximum atomic E-state index is 13.6. The summed E-state index contributed by atoms with van der Waals surface area (Å²) < 4.78 is 13.6. The fourth-order valence-corrected chi connectivity index (χ4v) is 4.24. The first kappa shape index (κ1) is 33.5. The molecule has 0 saturated heterocycles. The fraction of sp³-hybridized carbons (Fsp3) is 0.194. The van der Waals surface area contributed by atoms with Gasteiger partial charge in [-0.25, -0.2) is 15.2 Å². The second kappa shape index (κ2) is 18.7. The van der Waals surface area contributed by atoms with Crippen LogP contribution in [0.15, 0.2) is 124 Å². The lowest BCUT2D eigenvalue weighted by Crippen LogP contribution is -2.39. The zero-order chi connectivity index (χ0) is 29.2. The van der Waals surface area contributed by atoms with Gasteiger partial charge < -0.3 is 10.6 Å². The molecule has 1 heterocycles. The van der Waals surface area contributed by atoms with Crippen molar-refractivity contribution in [3.8, 4) is 0 Å². The number of para-hydroxylation sites is 1. The third-order valence-electron chi connectivity index (χ3n) is 5.04.